The number of nitrogens with two attached hydrogens (primary N) is 1. The van der Waals surface area contributed by atoms with Gasteiger partial charge in [0.25, 0.3) is 0 Å². The lowest BCUT2D eigenvalue weighted by Crippen LogP contribution is -2.55. The van der Waals surface area contributed by atoms with Crippen molar-refractivity contribution in [3.8, 4) is 0 Å². The molecule has 0 spiro atoms. The third-order valence-corrected chi connectivity index (χ3v) is 4.98. The van der Waals surface area contributed by atoms with Crippen LogP contribution in [0.15, 0.2) is 22.7 Å². The lowest BCUT2D eigenvalue weighted by molar-refractivity contribution is -0.137. The fourth-order valence-electron chi connectivity index (χ4n) is 3.73. The van der Waals surface area contributed by atoms with E-state index in [2.05, 4.69) is 20.8 Å². The molecule has 2 nitrogen and oxygen atoms in total. The second-order valence-corrected chi connectivity index (χ2v) is 6.99. The van der Waals surface area contributed by atoms with Gasteiger partial charge in [-0.15, -0.1) is 0 Å². The number of benzene rings is 1. The van der Waals surface area contributed by atoms with Crippen molar-refractivity contribution < 1.29 is 13.2 Å². The maximum absolute atomic E-state index is 13.0. The van der Waals surface area contributed by atoms with Crippen LogP contribution in [0.1, 0.15) is 37.7 Å². The molecule has 0 saturated carbocycles. The Morgan fingerprint density at radius 1 is 1.10 bits per heavy atom. The van der Waals surface area contributed by atoms with E-state index in [9.17, 15) is 13.2 Å². The molecule has 2 fully saturated rings. The van der Waals surface area contributed by atoms with E-state index < -0.39 is 11.7 Å². The van der Waals surface area contributed by atoms with E-state index >= 15 is 0 Å². The highest BCUT2D eigenvalue weighted by atomic mass is 79.9. The van der Waals surface area contributed by atoms with Crippen LogP contribution in [0, 0.1) is 0 Å². The number of hydrogen-bond acceptors (Lipinski definition) is 2. The summed E-state index contributed by atoms with van der Waals surface area (Å²) in [4.78, 5) is 2.17. The van der Waals surface area contributed by atoms with Crippen LogP contribution in [-0.2, 0) is 6.18 Å². The first-order valence-electron chi connectivity index (χ1n) is 7.26. The monoisotopic (exact) mass is 362 g/mol. The van der Waals surface area contributed by atoms with Crippen molar-refractivity contribution in [2.75, 3.05) is 4.90 Å². The normalized spacial score (nSPS) is 29.6. The summed E-state index contributed by atoms with van der Waals surface area (Å²) in [6.07, 6.45) is 0.573. The molecule has 2 atom stereocenters. The summed E-state index contributed by atoms with van der Waals surface area (Å²) in [5.74, 6) is 0. The largest absolute Gasteiger partial charge is 0.416 e. The average molecular weight is 363 g/mol. The molecule has 2 bridgehead atoms. The third kappa shape index (κ3) is 3.06. The molecule has 0 aromatic heterocycles. The molecule has 0 amide bonds. The van der Waals surface area contributed by atoms with Gasteiger partial charge in [0.05, 0.1) is 5.56 Å². The summed E-state index contributed by atoms with van der Waals surface area (Å²) in [7, 11) is 0. The zero-order chi connectivity index (χ0) is 15.2. The molecule has 1 aromatic rings. The van der Waals surface area contributed by atoms with Gasteiger partial charge in [-0.1, -0.05) is 15.9 Å². The van der Waals surface area contributed by atoms with Crippen LogP contribution in [0.4, 0.5) is 18.9 Å². The van der Waals surface area contributed by atoms with E-state index in [0.29, 0.717) is 10.2 Å². The number of nitrogens with zero attached hydrogens (tertiary/aromatic N) is 1. The molecule has 3 rings (SSSR count). The third-order valence-electron chi connectivity index (χ3n) is 4.52. The average Bonchev–Trinajstić information content (AvgIpc) is 2.35. The molecular formula is C15H18BrF3N2. The SMILES string of the molecule is NC1CC2CCCC(C1)N2c1cc(Br)cc(C(F)(F)F)c1. The van der Waals surface area contributed by atoms with Gasteiger partial charge >= 0.3 is 6.18 Å². The first-order chi connectivity index (χ1) is 9.84. The summed E-state index contributed by atoms with van der Waals surface area (Å²) in [6, 6.07) is 4.90. The predicted molar refractivity (Wildman–Crippen MR) is 80.3 cm³/mol. The van der Waals surface area contributed by atoms with Gasteiger partial charge in [-0.25, -0.2) is 0 Å². The van der Waals surface area contributed by atoms with E-state index in [0.717, 1.165) is 38.2 Å². The van der Waals surface area contributed by atoms with Crippen LogP contribution in [0.5, 0.6) is 0 Å². The van der Waals surface area contributed by atoms with Crippen LogP contribution in [0.25, 0.3) is 0 Å². The summed E-state index contributed by atoms with van der Waals surface area (Å²) in [5, 5.41) is 0. The van der Waals surface area contributed by atoms with Crippen molar-refractivity contribution in [1.82, 2.24) is 0 Å². The van der Waals surface area contributed by atoms with Gasteiger partial charge < -0.3 is 10.6 Å². The van der Waals surface area contributed by atoms with Gasteiger partial charge in [0.2, 0.25) is 0 Å². The zero-order valence-electron chi connectivity index (χ0n) is 11.5. The number of halogens is 4. The fourth-order valence-corrected chi connectivity index (χ4v) is 4.21. The van der Waals surface area contributed by atoms with Crippen molar-refractivity contribution in [3.63, 3.8) is 0 Å². The van der Waals surface area contributed by atoms with Crippen molar-refractivity contribution in [3.05, 3.63) is 28.2 Å². The summed E-state index contributed by atoms with van der Waals surface area (Å²) >= 11 is 3.21. The summed E-state index contributed by atoms with van der Waals surface area (Å²) < 4.78 is 39.5. The molecule has 1 aromatic carbocycles. The molecule has 0 aliphatic carbocycles. The molecule has 2 aliphatic heterocycles. The second-order valence-electron chi connectivity index (χ2n) is 6.07. The maximum atomic E-state index is 13.0. The lowest BCUT2D eigenvalue weighted by Gasteiger charge is -2.49. The van der Waals surface area contributed by atoms with E-state index in [1.165, 1.54) is 6.07 Å². The highest BCUT2D eigenvalue weighted by Crippen LogP contribution is 2.40. The molecule has 116 valence electrons. The molecule has 2 unspecified atom stereocenters. The second kappa shape index (κ2) is 5.47. The van der Waals surface area contributed by atoms with E-state index in [1.54, 1.807) is 6.07 Å². The maximum Gasteiger partial charge on any atom is 0.416 e. The molecule has 0 radical (unpaired) electrons. The van der Waals surface area contributed by atoms with Crippen molar-refractivity contribution in [2.45, 2.75) is 56.4 Å². The van der Waals surface area contributed by atoms with Crippen LogP contribution in [0.3, 0.4) is 0 Å². The first-order valence-corrected chi connectivity index (χ1v) is 8.05. The van der Waals surface area contributed by atoms with E-state index in [-0.39, 0.29) is 18.1 Å². The Balaban J connectivity index is 1.98. The number of anilines is 1. The summed E-state index contributed by atoms with van der Waals surface area (Å²) in [6.45, 7) is 0. The van der Waals surface area contributed by atoms with E-state index in [1.807, 2.05) is 0 Å². The fraction of sp³-hybridized carbons (Fsp3) is 0.600. The Labute approximate surface area is 130 Å². The van der Waals surface area contributed by atoms with Gasteiger partial charge in [0.15, 0.2) is 0 Å². The smallest absolute Gasteiger partial charge is 0.365 e. The van der Waals surface area contributed by atoms with Gasteiger partial charge in [-0.2, -0.15) is 13.2 Å². The Bertz CT molecular complexity index is 518. The van der Waals surface area contributed by atoms with Gasteiger partial charge in [0, 0.05) is 28.3 Å². The molecule has 21 heavy (non-hydrogen) atoms. The Hall–Kier alpha value is -0.750. The molecule has 2 N–H and O–H groups in total. The number of alkyl halides is 3. The number of hydrogen-bond donors (Lipinski definition) is 1. The highest BCUT2D eigenvalue weighted by Gasteiger charge is 2.38. The number of fused-ring (bicyclic) bond motifs is 2. The van der Waals surface area contributed by atoms with Gasteiger partial charge in [0.1, 0.15) is 0 Å². The topological polar surface area (TPSA) is 29.3 Å². The highest BCUT2D eigenvalue weighted by molar-refractivity contribution is 9.10. The van der Waals surface area contributed by atoms with Crippen LogP contribution in [-0.4, -0.2) is 18.1 Å². The predicted octanol–water partition coefficient (Wildman–Crippen LogP) is 4.32. The summed E-state index contributed by atoms with van der Waals surface area (Å²) in [5.41, 5.74) is 6.15. The Morgan fingerprint density at radius 3 is 2.29 bits per heavy atom. The number of rotatable bonds is 1. The van der Waals surface area contributed by atoms with Crippen molar-refractivity contribution in [1.29, 1.82) is 0 Å². The van der Waals surface area contributed by atoms with Gasteiger partial charge in [-0.05, 0) is 50.3 Å². The minimum Gasteiger partial charge on any atom is -0.365 e. The van der Waals surface area contributed by atoms with Gasteiger partial charge in [-0.3, -0.25) is 0 Å². The minimum atomic E-state index is -4.32. The molecule has 6 heteroatoms. The molecule has 2 saturated heterocycles. The molecule has 2 aliphatic rings. The zero-order valence-corrected chi connectivity index (χ0v) is 13.1. The van der Waals surface area contributed by atoms with Crippen LogP contribution in [0.2, 0.25) is 0 Å². The Kier molecular flexibility index (Phi) is 3.94. The standard InChI is InChI=1S/C15H18BrF3N2/c16-10-4-9(15(17,18)19)5-14(6-10)21-12-2-1-3-13(21)8-11(20)7-12/h4-6,11-13H,1-3,7-8,20H2. The van der Waals surface area contributed by atoms with Crippen LogP contribution < -0.4 is 10.6 Å². The van der Waals surface area contributed by atoms with Crippen LogP contribution >= 0.6 is 15.9 Å². The minimum absolute atomic E-state index is 0.172. The first kappa shape index (κ1) is 15.2. The lowest BCUT2D eigenvalue weighted by atomic mass is 9.81. The molecule has 2 heterocycles. The number of piperidine rings is 2. The molecular weight excluding hydrogens is 345 g/mol. The van der Waals surface area contributed by atoms with E-state index in [4.69, 9.17) is 5.73 Å². The van der Waals surface area contributed by atoms with Crippen molar-refractivity contribution in [2.24, 2.45) is 5.73 Å². The van der Waals surface area contributed by atoms with Crippen molar-refractivity contribution >= 4 is 21.6 Å². The Morgan fingerprint density at radius 2 is 1.71 bits per heavy atom. The quantitative estimate of drug-likeness (QED) is 0.806.